The molecule has 0 aliphatic carbocycles. The summed E-state index contributed by atoms with van der Waals surface area (Å²) in [6, 6.07) is 3.39. The molecule has 0 unspecified atom stereocenters. The third-order valence-corrected chi connectivity index (χ3v) is 1.59. The smallest absolute Gasteiger partial charge is 0.387 e. The lowest BCUT2D eigenvalue weighted by molar-refractivity contribution is -0.385. The number of hydrogen-bond acceptors (Lipinski definition) is 3. The lowest BCUT2D eigenvalue weighted by Crippen LogP contribution is -2.02. The Morgan fingerprint density at radius 3 is 2.60 bits per heavy atom. The molecule has 0 radical (unpaired) electrons. The van der Waals surface area contributed by atoms with Gasteiger partial charge in [0.1, 0.15) is 5.75 Å². The van der Waals surface area contributed by atoms with Crippen LogP contribution in [-0.4, -0.2) is 11.5 Å². The van der Waals surface area contributed by atoms with Crippen molar-refractivity contribution in [1.82, 2.24) is 0 Å². The Bertz CT molecular complexity index is 393. The van der Waals surface area contributed by atoms with Gasteiger partial charge >= 0.3 is 6.61 Å². The largest absolute Gasteiger partial charge is 0.435 e. The number of nitro groups is 1. The highest BCUT2D eigenvalue weighted by Crippen LogP contribution is 2.24. The SMILES string of the molecule is C=Cc1cc(OC(F)F)cc([N+](=O)[O-])c1. The maximum absolute atomic E-state index is 11.9. The first-order valence-corrected chi connectivity index (χ1v) is 3.89. The number of benzene rings is 1. The minimum Gasteiger partial charge on any atom is -0.435 e. The summed E-state index contributed by atoms with van der Waals surface area (Å²) < 4.78 is 27.8. The molecular formula is C9H7F2NO3. The Morgan fingerprint density at radius 2 is 2.13 bits per heavy atom. The molecule has 1 rings (SSSR count). The predicted molar refractivity (Wildman–Crippen MR) is 49.8 cm³/mol. The summed E-state index contributed by atoms with van der Waals surface area (Å²) in [5.74, 6) is -0.255. The Morgan fingerprint density at radius 1 is 1.47 bits per heavy atom. The third-order valence-electron chi connectivity index (χ3n) is 1.59. The van der Waals surface area contributed by atoms with Crippen LogP contribution in [0.25, 0.3) is 6.08 Å². The summed E-state index contributed by atoms with van der Waals surface area (Å²) in [6.45, 7) is 0.376. The predicted octanol–water partition coefficient (Wildman–Crippen LogP) is 2.84. The Hall–Kier alpha value is -1.98. The Kier molecular flexibility index (Phi) is 3.33. The molecule has 0 saturated carbocycles. The summed E-state index contributed by atoms with van der Waals surface area (Å²) in [4.78, 5) is 9.75. The molecule has 80 valence electrons. The molecule has 1 aromatic carbocycles. The summed E-state index contributed by atoms with van der Waals surface area (Å²) in [7, 11) is 0. The van der Waals surface area contributed by atoms with Crippen molar-refractivity contribution in [2.45, 2.75) is 6.61 Å². The molecular weight excluding hydrogens is 208 g/mol. The minimum absolute atomic E-state index is 0.255. The zero-order valence-corrected chi connectivity index (χ0v) is 7.52. The second-order valence-electron chi connectivity index (χ2n) is 2.60. The number of alkyl halides is 2. The number of nitro benzene ring substituents is 1. The van der Waals surface area contributed by atoms with Crippen LogP contribution in [0.1, 0.15) is 5.56 Å². The summed E-state index contributed by atoms with van der Waals surface area (Å²) in [5.41, 5.74) is 0.0305. The molecule has 0 spiro atoms. The summed E-state index contributed by atoms with van der Waals surface area (Å²) in [5, 5.41) is 10.4. The Balaban J connectivity index is 3.11. The Labute approximate surface area is 83.9 Å². The van der Waals surface area contributed by atoms with E-state index in [1.165, 1.54) is 18.2 Å². The maximum atomic E-state index is 11.9. The van der Waals surface area contributed by atoms with Gasteiger partial charge in [-0.2, -0.15) is 8.78 Å². The van der Waals surface area contributed by atoms with Gasteiger partial charge in [0, 0.05) is 6.07 Å². The van der Waals surface area contributed by atoms with Gasteiger partial charge in [0.15, 0.2) is 0 Å². The molecule has 0 atom stereocenters. The number of rotatable bonds is 4. The van der Waals surface area contributed by atoms with Gasteiger partial charge in [0.25, 0.3) is 5.69 Å². The number of nitrogens with zero attached hydrogens (tertiary/aromatic N) is 1. The van der Waals surface area contributed by atoms with Crippen molar-refractivity contribution < 1.29 is 18.4 Å². The van der Waals surface area contributed by atoms with E-state index in [1.54, 1.807) is 0 Å². The average Bonchev–Trinajstić information content (AvgIpc) is 2.16. The fraction of sp³-hybridized carbons (Fsp3) is 0.111. The normalized spacial score (nSPS) is 10.1. The van der Waals surface area contributed by atoms with Crippen LogP contribution in [0.2, 0.25) is 0 Å². The van der Waals surface area contributed by atoms with Crippen molar-refractivity contribution in [2.24, 2.45) is 0 Å². The molecule has 0 heterocycles. The van der Waals surface area contributed by atoms with Gasteiger partial charge in [-0.15, -0.1) is 0 Å². The first-order chi connectivity index (χ1) is 7.02. The number of non-ortho nitro benzene ring substituents is 1. The van der Waals surface area contributed by atoms with E-state index in [0.29, 0.717) is 5.56 Å². The summed E-state index contributed by atoms with van der Waals surface area (Å²) >= 11 is 0. The van der Waals surface area contributed by atoms with Gasteiger partial charge in [-0.05, 0) is 11.6 Å². The molecule has 0 bridgehead atoms. The van der Waals surface area contributed by atoms with Crippen molar-refractivity contribution >= 4 is 11.8 Å². The highest BCUT2D eigenvalue weighted by atomic mass is 19.3. The van der Waals surface area contributed by atoms with Gasteiger partial charge in [-0.1, -0.05) is 12.7 Å². The van der Waals surface area contributed by atoms with E-state index < -0.39 is 11.5 Å². The average molecular weight is 215 g/mol. The zero-order chi connectivity index (χ0) is 11.4. The van der Waals surface area contributed by atoms with Crippen LogP contribution in [0, 0.1) is 10.1 Å². The fourth-order valence-electron chi connectivity index (χ4n) is 1.000. The van der Waals surface area contributed by atoms with E-state index in [-0.39, 0.29) is 11.4 Å². The third kappa shape index (κ3) is 3.01. The standard InChI is InChI=1S/C9H7F2NO3/c1-2-6-3-7(12(13)14)5-8(4-6)15-9(10)11/h2-5,9H,1H2. The molecule has 0 fully saturated rings. The molecule has 15 heavy (non-hydrogen) atoms. The quantitative estimate of drug-likeness (QED) is 0.573. The first kappa shape index (κ1) is 11.1. The second kappa shape index (κ2) is 4.50. The number of hydrogen-bond donors (Lipinski definition) is 0. The van der Waals surface area contributed by atoms with Crippen LogP contribution in [0.15, 0.2) is 24.8 Å². The van der Waals surface area contributed by atoms with Crippen LogP contribution in [0.5, 0.6) is 5.75 Å². The lowest BCUT2D eigenvalue weighted by Gasteiger charge is -2.04. The van der Waals surface area contributed by atoms with Crippen LogP contribution in [0.4, 0.5) is 14.5 Å². The van der Waals surface area contributed by atoms with Crippen LogP contribution >= 0.6 is 0 Å². The molecule has 6 heteroatoms. The van der Waals surface area contributed by atoms with Crippen LogP contribution in [0.3, 0.4) is 0 Å². The van der Waals surface area contributed by atoms with Gasteiger partial charge in [-0.25, -0.2) is 0 Å². The molecule has 0 N–H and O–H groups in total. The monoisotopic (exact) mass is 215 g/mol. The first-order valence-electron chi connectivity index (χ1n) is 3.89. The van der Waals surface area contributed by atoms with Crippen molar-refractivity contribution in [1.29, 1.82) is 0 Å². The molecule has 0 aromatic heterocycles. The zero-order valence-electron chi connectivity index (χ0n) is 7.52. The molecule has 1 aromatic rings. The highest BCUT2D eigenvalue weighted by molar-refractivity contribution is 5.55. The van der Waals surface area contributed by atoms with E-state index in [2.05, 4.69) is 11.3 Å². The van der Waals surface area contributed by atoms with Crippen molar-refractivity contribution in [2.75, 3.05) is 0 Å². The van der Waals surface area contributed by atoms with E-state index in [9.17, 15) is 18.9 Å². The molecule has 0 saturated heterocycles. The molecule has 0 aliphatic rings. The van der Waals surface area contributed by atoms with E-state index in [0.717, 1.165) is 6.07 Å². The van der Waals surface area contributed by atoms with Crippen LogP contribution < -0.4 is 4.74 Å². The number of ether oxygens (including phenoxy) is 1. The van der Waals surface area contributed by atoms with E-state index in [1.807, 2.05) is 0 Å². The topological polar surface area (TPSA) is 52.4 Å². The van der Waals surface area contributed by atoms with Crippen molar-refractivity contribution in [3.8, 4) is 5.75 Å². The van der Waals surface area contributed by atoms with Gasteiger partial charge in [0.05, 0.1) is 11.0 Å². The van der Waals surface area contributed by atoms with Gasteiger partial charge in [-0.3, -0.25) is 10.1 Å². The highest BCUT2D eigenvalue weighted by Gasteiger charge is 2.12. The minimum atomic E-state index is -3.01. The fourth-order valence-corrected chi connectivity index (χ4v) is 1.000. The van der Waals surface area contributed by atoms with Crippen molar-refractivity contribution in [3.05, 3.63) is 40.5 Å². The number of halogens is 2. The van der Waals surface area contributed by atoms with Gasteiger partial charge < -0.3 is 4.74 Å². The van der Waals surface area contributed by atoms with Gasteiger partial charge in [0.2, 0.25) is 0 Å². The van der Waals surface area contributed by atoms with Crippen LogP contribution in [-0.2, 0) is 0 Å². The molecule has 0 aliphatic heterocycles. The second-order valence-corrected chi connectivity index (χ2v) is 2.60. The van der Waals surface area contributed by atoms with E-state index >= 15 is 0 Å². The lowest BCUT2D eigenvalue weighted by atomic mass is 10.2. The maximum Gasteiger partial charge on any atom is 0.387 e. The molecule has 0 amide bonds. The van der Waals surface area contributed by atoms with Crippen molar-refractivity contribution in [3.63, 3.8) is 0 Å². The van der Waals surface area contributed by atoms with E-state index in [4.69, 9.17) is 0 Å². The molecule has 4 nitrogen and oxygen atoms in total. The summed E-state index contributed by atoms with van der Waals surface area (Å²) in [6.07, 6.45) is 1.31.